The standard InChI is InChI=1S/C14H15N3O3/c1-10-16-14(20-17-10)9-15-13(19)8-7-12(18)11-5-3-2-4-6-11/h2-6H,7-9H2,1H3,(H,15,19). The molecular weight excluding hydrogens is 258 g/mol. The van der Waals surface area contributed by atoms with Gasteiger partial charge in [-0.1, -0.05) is 35.5 Å². The summed E-state index contributed by atoms with van der Waals surface area (Å²) in [6.45, 7) is 1.88. The molecule has 6 nitrogen and oxygen atoms in total. The molecule has 1 aromatic heterocycles. The maximum absolute atomic E-state index is 11.8. The number of carbonyl (C=O) groups is 2. The third-order valence-electron chi connectivity index (χ3n) is 2.68. The predicted molar refractivity (Wildman–Crippen MR) is 70.9 cm³/mol. The maximum atomic E-state index is 11.8. The Morgan fingerprint density at radius 3 is 2.60 bits per heavy atom. The Balaban J connectivity index is 1.74. The van der Waals surface area contributed by atoms with E-state index in [1.165, 1.54) is 0 Å². The first-order valence-corrected chi connectivity index (χ1v) is 6.29. The number of hydrogen-bond donors (Lipinski definition) is 1. The molecule has 1 aromatic carbocycles. The number of ketones is 1. The molecule has 0 fully saturated rings. The van der Waals surface area contributed by atoms with E-state index >= 15 is 0 Å². The highest BCUT2D eigenvalue weighted by molar-refractivity contribution is 5.97. The van der Waals surface area contributed by atoms with Crippen molar-refractivity contribution in [2.45, 2.75) is 26.3 Å². The number of rotatable bonds is 6. The Morgan fingerprint density at radius 2 is 1.95 bits per heavy atom. The summed E-state index contributed by atoms with van der Waals surface area (Å²) in [6, 6.07) is 8.91. The van der Waals surface area contributed by atoms with Crippen molar-refractivity contribution in [1.29, 1.82) is 0 Å². The predicted octanol–water partition coefficient (Wildman–Crippen LogP) is 1.66. The third kappa shape index (κ3) is 4.01. The van der Waals surface area contributed by atoms with Gasteiger partial charge in [-0.15, -0.1) is 0 Å². The Morgan fingerprint density at radius 1 is 1.20 bits per heavy atom. The van der Waals surface area contributed by atoms with Crippen molar-refractivity contribution in [2.75, 3.05) is 0 Å². The summed E-state index contributed by atoms with van der Waals surface area (Å²) >= 11 is 0. The molecule has 0 atom stereocenters. The minimum atomic E-state index is -0.217. The summed E-state index contributed by atoms with van der Waals surface area (Å²) in [6.07, 6.45) is 0.319. The molecule has 0 radical (unpaired) electrons. The highest BCUT2D eigenvalue weighted by atomic mass is 16.5. The van der Waals surface area contributed by atoms with Crippen molar-refractivity contribution in [3.05, 3.63) is 47.6 Å². The zero-order valence-electron chi connectivity index (χ0n) is 11.1. The molecule has 1 heterocycles. The highest BCUT2D eigenvalue weighted by Crippen LogP contribution is 2.05. The van der Waals surface area contributed by atoms with Gasteiger partial charge in [0, 0.05) is 18.4 Å². The first-order chi connectivity index (χ1) is 9.65. The van der Waals surface area contributed by atoms with Crippen molar-refractivity contribution in [3.8, 4) is 0 Å². The van der Waals surface area contributed by atoms with E-state index in [9.17, 15) is 9.59 Å². The number of aryl methyl sites for hydroxylation is 1. The summed E-state index contributed by atoms with van der Waals surface area (Å²) in [5, 5.41) is 6.25. The Kier molecular flexibility index (Phi) is 4.60. The second kappa shape index (κ2) is 6.60. The second-order valence-corrected chi connectivity index (χ2v) is 4.30. The normalized spacial score (nSPS) is 10.2. The van der Waals surface area contributed by atoms with E-state index < -0.39 is 0 Å². The van der Waals surface area contributed by atoms with Gasteiger partial charge in [0.05, 0.1) is 6.54 Å². The minimum absolute atomic E-state index is 0.0469. The fraction of sp³-hybridized carbons (Fsp3) is 0.286. The van der Waals surface area contributed by atoms with E-state index in [2.05, 4.69) is 15.5 Å². The third-order valence-corrected chi connectivity index (χ3v) is 2.68. The molecule has 0 aliphatic rings. The molecule has 1 N–H and O–H groups in total. The van der Waals surface area contributed by atoms with Crippen LogP contribution in [0.2, 0.25) is 0 Å². The van der Waals surface area contributed by atoms with Gasteiger partial charge < -0.3 is 9.84 Å². The van der Waals surface area contributed by atoms with Gasteiger partial charge in [0.15, 0.2) is 11.6 Å². The van der Waals surface area contributed by atoms with Gasteiger partial charge >= 0.3 is 0 Å². The van der Waals surface area contributed by atoms with Crippen LogP contribution in [0.1, 0.15) is 34.9 Å². The molecular formula is C14H15N3O3. The molecule has 2 rings (SSSR count). The van der Waals surface area contributed by atoms with Crippen LogP contribution in [-0.4, -0.2) is 21.8 Å². The molecule has 0 aliphatic heterocycles. The van der Waals surface area contributed by atoms with Gasteiger partial charge in [0.1, 0.15) is 0 Å². The Hall–Kier alpha value is -2.50. The van der Waals surface area contributed by atoms with Gasteiger partial charge in [0.25, 0.3) is 0 Å². The lowest BCUT2D eigenvalue weighted by atomic mass is 10.1. The van der Waals surface area contributed by atoms with Crippen LogP contribution < -0.4 is 5.32 Å². The lowest BCUT2D eigenvalue weighted by Crippen LogP contribution is -2.23. The number of nitrogens with zero attached hydrogens (tertiary/aromatic N) is 2. The zero-order chi connectivity index (χ0) is 14.4. The zero-order valence-corrected chi connectivity index (χ0v) is 11.1. The average Bonchev–Trinajstić information content (AvgIpc) is 2.89. The van der Waals surface area contributed by atoms with E-state index in [-0.39, 0.29) is 31.1 Å². The van der Waals surface area contributed by atoms with Gasteiger partial charge in [-0.05, 0) is 6.92 Å². The second-order valence-electron chi connectivity index (χ2n) is 4.30. The van der Waals surface area contributed by atoms with Crippen LogP contribution in [-0.2, 0) is 11.3 Å². The molecule has 1 amide bonds. The highest BCUT2D eigenvalue weighted by Gasteiger charge is 2.10. The molecule has 0 spiro atoms. The number of Topliss-reactive ketones (excluding diaryl/α,β-unsaturated/α-hetero) is 1. The van der Waals surface area contributed by atoms with Gasteiger partial charge in [-0.3, -0.25) is 9.59 Å². The van der Waals surface area contributed by atoms with Gasteiger partial charge in [-0.2, -0.15) is 4.98 Å². The molecule has 0 unspecified atom stereocenters. The Bertz CT molecular complexity index is 593. The first-order valence-electron chi connectivity index (χ1n) is 6.29. The van der Waals surface area contributed by atoms with Crippen molar-refractivity contribution >= 4 is 11.7 Å². The summed E-state index contributed by atoms with van der Waals surface area (Å²) in [4.78, 5) is 27.4. The lowest BCUT2D eigenvalue weighted by Gasteiger charge is -2.02. The van der Waals surface area contributed by atoms with E-state index in [1.807, 2.05) is 6.07 Å². The van der Waals surface area contributed by atoms with Crippen molar-refractivity contribution in [3.63, 3.8) is 0 Å². The van der Waals surface area contributed by atoms with Crippen LogP contribution in [0.4, 0.5) is 0 Å². The number of hydrogen-bond acceptors (Lipinski definition) is 5. The largest absolute Gasteiger partial charge is 0.347 e. The van der Waals surface area contributed by atoms with E-state index in [4.69, 9.17) is 4.52 Å². The molecule has 2 aromatic rings. The lowest BCUT2D eigenvalue weighted by molar-refractivity contribution is -0.121. The minimum Gasteiger partial charge on any atom is -0.347 e. The van der Waals surface area contributed by atoms with Crippen molar-refractivity contribution in [1.82, 2.24) is 15.5 Å². The van der Waals surface area contributed by atoms with Crippen LogP contribution in [0.3, 0.4) is 0 Å². The van der Waals surface area contributed by atoms with Crippen LogP contribution in [0.15, 0.2) is 34.9 Å². The first kappa shape index (κ1) is 13.9. The van der Waals surface area contributed by atoms with Gasteiger partial charge in [-0.25, -0.2) is 0 Å². The van der Waals surface area contributed by atoms with Crippen molar-refractivity contribution < 1.29 is 14.1 Å². The quantitative estimate of drug-likeness (QED) is 0.809. The molecule has 0 bridgehead atoms. The molecule has 6 heteroatoms. The smallest absolute Gasteiger partial charge is 0.246 e. The fourth-order valence-corrected chi connectivity index (χ4v) is 1.67. The summed E-state index contributed by atoms with van der Waals surface area (Å²) in [5.41, 5.74) is 0.618. The van der Waals surface area contributed by atoms with Crippen LogP contribution >= 0.6 is 0 Å². The molecule has 0 aliphatic carbocycles. The molecule has 104 valence electrons. The summed E-state index contributed by atoms with van der Waals surface area (Å²) in [7, 11) is 0. The molecule has 20 heavy (non-hydrogen) atoms. The molecule has 0 saturated carbocycles. The Labute approximate surface area is 116 Å². The summed E-state index contributed by atoms with van der Waals surface area (Å²) < 4.78 is 4.87. The fourth-order valence-electron chi connectivity index (χ4n) is 1.67. The number of amides is 1. The maximum Gasteiger partial charge on any atom is 0.246 e. The van der Waals surface area contributed by atoms with Crippen LogP contribution in [0.25, 0.3) is 0 Å². The van der Waals surface area contributed by atoms with Crippen LogP contribution in [0, 0.1) is 6.92 Å². The average molecular weight is 273 g/mol. The monoisotopic (exact) mass is 273 g/mol. The SMILES string of the molecule is Cc1noc(CNC(=O)CCC(=O)c2ccccc2)n1. The van der Waals surface area contributed by atoms with Crippen LogP contribution in [0.5, 0.6) is 0 Å². The van der Waals surface area contributed by atoms with E-state index in [0.29, 0.717) is 17.3 Å². The number of carbonyl (C=O) groups excluding carboxylic acids is 2. The van der Waals surface area contributed by atoms with Gasteiger partial charge in [0.2, 0.25) is 11.8 Å². The molecule has 0 saturated heterocycles. The number of aromatic nitrogens is 2. The number of benzene rings is 1. The topological polar surface area (TPSA) is 85.1 Å². The van der Waals surface area contributed by atoms with E-state index in [0.717, 1.165) is 0 Å². The summed E-state index contributed by atoms with van der Waals surface area (Å²) in [5.74, 6) is 0.609. The number of nitrogens with one attached hydrogen (secondary N) is 1. The van der Waals surface area contributed by atoms with Crippen molar-refractivity contribution in [2.24, 2.45) is 0 Å². The van der Waals surface area contributed by atoms with E-state index in [1.54, 1.807) is 31.2 Å².